The molecule has 3 heteroatoms. The van der Waals surface area contributed by atoms with Crippen molar-refractivity contribution in [3.05, 3.63) is 23.0 Å². The summed E-state index contributed by atoms with van der Waals surface area (Å²) in [5.41, 5.74) is 3.26. The van der Waals surface area contributed by atoms with E-state index < -0.39 is 0 Å². The summed E-state index contributed by atoms with van der Waals surface area (Å²) in [6, 6.07) is 2.05. The summed E-state index contributed by atoms with van der Waals surface area (Å²) in [5, 5.41) is 0.726. The molecule has 0 spiro atoms. The standard InChI is InChI=1S/C15H23NOS/c1-4-16-11(2)9-14(12(16)3)15(17)10-18-13-7-5-6-8-13/h9,13H,4-8,10H2,1-3H3. The first-order chi connectivity index (χ1) is 8.63. The van der Waals surface area contributed by atoms with Crippen LogP contribution in [0, 0.1) is 13.8 Å². The number of aryl methyl sites for hydroxylation is 1. The average molecular weight is 265 g/mol. The van der Waals surface area contributed by atoms with E-state index in [1.165, 1.54) is 31.4 Å². The lowest BCUT2D eigenvalue weighted by molar-refractivity contribution is 0.102. The molecule has 0 aliphatic heterocycles. The molecule has 18 heavy (non-hydrogen) atoms. The Morgan fingerprint density at radius 3 is 2.61 bits per heavy atom. The summed E-state index contributed by atoms with van der Waals surface area (Å²) >= 11 is 1.86. The highest BCUT2D eigenvalue weighted by molar-refractivity contribution is 8.00. The fourth-order valence-electron chi connectivity index (χ4n) is 2.90. The third-order valence-electron chi connectivity index (χ3n) is 3.94. The molecule has 1 fully saturated rings. The number of hydrogen-bond acceptors (Lipinski definition) is 2. The number of thioether (sulfide) groups is 1. The Morgan fingerprint density at radius 1 is 1.39 bits per heavy atom. The van der Waals surface area contributed by atoms with Crippen LogP contribution in [0.4, 0.5) is 0 Å². The van der Waals surface area contributed by atoms with Crippen LogP contribution in [0.1, 0.15) is 54.4 Å². The van der Waals surface area contributed by atoms with Gasteiger partial charge >= 0.3 is 0 Å². The lowest BCUT2D eigenvalue weighted by Gasteiger charge is -2.08. The topological polar surface area (TPSA) is 22.0 Å². The highest BCUT2D eigenvalue weighted by Gasteiger charge is 2.19. The first-order valence-corrected chi connectivity index (χ1v) is 8.00. The minimum atomic E-state index is 0.305. The van der Waals surface area contributed by atoms with Crippen molar-refractivity contribution in [1.82, 2.24) is 4.57 Å². The van der Waals surface area contributed by atoms with Gasteiger partial charge in [0.15, 0.2) is 5.78 Å². The van der Waals surface area contributed by atoms with Gasteiger partial charge in [0.05, 0.1) is 5.75 Å². The zero-order valence-electron chi connectivity index (χ0n) is 11.7. The van der Waals surface area contributed by atoms with Crippen LogP contribution < -0.4 is 0 Å². The van der Waals surface area contributed by atoms with Crippen LogP contribution in [-0.4, -0.2) is 21.4 Å². The van der Waals surface area contributed by atoms with E-state index in [1.807, 2.05) is 11.8 Å². The van der Waals surface area contributed by atoms with E-state index in [0.717, 1.165) is 23.1 Å². The zero-order valence-corrected chi connectivity index (χ0v) is 12.5. The van der Waals surface area contributed by atoms with Crippen molar-refractivity contribution in [2.45, 2.75) is 58.2 Å². The normalized spacial score (nSPS) is 16.4. The lowest BCUT2D eigenvalue weighted by Crippen LogP contribution is -2.08. The predicted molar refractivity (Wildman–Crippen MR) is 78.6 cm³/mol. The van der Waals surface area contributed by atoms with Gasteiger partial charge in [-0.15, -0.1) is 0 Å². The van der Waals surface area contributed by atoms with Crippen LogP contribution in [0.3, 0.4) is 0 Å². The molecular formula is C15H23NOS. The second-order valence-corrected chi connectivity index (χ2v) is 6.46. The Kier molecular flexibility index (Phi) is 4.55. The van der Waals surface area contributed by atoms with Crippen LogP contribution >= 0.6 is 11.8 Å². The number of rotatable bonds is 5. The molecule has 0 unspecified atom stereocenters. The molecule has 0 N–H and O–H groups in total. The molecule has 2 nitrogen and oxygen atoms in total. The molecule has 0 amide bonds. The molecule has 1 aromatic heterocycles. The van der Waals surface area contributed by atoms with Crippen molar-refractivity contribution in [2.24, 2.45) is 0 Å². The predicted octanol–water partition coefficient (Wildman–Crippen LogP) is 3.98. The van der Waals surface area contributed by atoms with E-state index in [4.69, 9.17) is 0 Å². The third kappa shape index (κ3) is 2.82. The summed E-state index contributed by atoms with van der Waals surface area (Å²) in [4.78, 5) is 12.3. The van der Waals surface area contributed by atoms with Crippen molar-refractivity contribution in [2.75, 3.05) is 5.75 Å². The molecule has 0 aromatic carbocycles. The number of carbonyl (C=O) groups excluding carboxylic acids is 1. The average Bonchev–Trinajstić information content (AvgIpc) is 2.95. The number of Topliss-reactive ketones (excluding diaryl/α,β-unsaturated/α-hetero) is 1. The van der Waals surface area contributed by atoms with E-state index in [2.05, 4.69) is 31.4 Å². The summed E-state index contributed by atoms with van der Waals surface area (Å²) in [5.74, 6) is 0.957. The van der Waals surface area contributed by atoms with Crippen LogP contribution in [-0.2, 0) is 6.54 Å². The van der Waals surface area contributed by atoms with Gasteiger partial charge < -0.3 is 4.57 Å². The molecule has 1 aromatic rings. The zero-order chi connectivity index (χ0) is 13.1. The van der Waals surface area contributed by atoms with Gasteiger partial charge in [-0.25, -0.2) is 0 Å². The maximum atomic E-state index is 12.3. The van der Waals surface area contributed by atoms with Gasteiger partial charge in [-0.05, 0) is 39.7 Å². The molecule has 1 saturated carbocycles. The molecule has 1 aliphatic rings. The van der Waals surface area contributed by atoms with Crippen molar-refractivity contribution < 1.29 is 4.79 Å². The Labute approximate surface area is 114 Å². The SMILES string of the molecule is CCn1c(C)cc(C(=O)CSC2CCCC2)c1C. The number of aromatic nitrogens is 1. The first kappa shape index (κ1) is 13.7. The molecule has 0 atom stereocenters. The fourth-order valence-corrected chi connectivity index (χ4v) is 4.11. The number of carbonyl (C=O) groups is 1. The van der Waals surface area contributed by atoms with Gasteiger partial charge in [-0.3, -0.25) is 4.79 Å². The molecular weight excluding hydrogens is 242 g/mol. The molecule has 1 heterocycles. The van der Waals surface area contributed by atoms with E-state index in [0.29, 0.717) is 11.5 Å². The summed E-state index contributed by atoms with van der Waals surface area (Å²) in [6.07, 6.45) is 5.28. The van der Waals surface area contributed by atoms with Gasteiger partial charge in [0.25, 0.3) is 0 Å². The minimum absolute atomic E-state index is 0.305. The van der Waals surface area contributed by atoms with Crippen molar-refractivity contribution >= 4 is 17.5 Å². The maximum Gasteiger partial charge on any atom is 0.174 e. The van der Waals surface area contributed by atoms with Crippen molar-refractivity contribution in [1.29, 1.82) is 0 Å². The highest BCUT2D eigenvalue weighted by Crippen LogP contribution is 2.30. The number of ketones is 1. The van der Waals surface area contributed by atoms with Crippen LogP contribution in [0.2, 0.25) is 0 Å². The molecule has 0 bridgehead atoms. The van der Waals surface area contributed by atoms with Crippen molar-refractivity contribution in [3.8, 4) is 0 Å². The van der Waals surface area contributed by atoms with E-state index in [9.17, 15) is 4.79 Å². The number of nitrogens with zero attached hydrogens (tertiary/aromatic N) is 1. The molecule has 0 radical (unpaired) electrons. The second kappa shape index (κ2) is 5.96. The molecule has 0 saturated heterocycles. The van der Waals surface area contributed by atoms with Crippen LogP contribution in [0.15, 0.2) is 6.07 Å². The Hall–Kier alpha value is -0.700. The van der Waals surface area contributed by atoms with Gasteiger partial charge in [-0.2, -0.15) is 11.8 Å². The minimum Gasteiger partial charge on any atom is -0.349 e. The summed E-state index contributed by atoms with van der Waals surface area (Å²) in [6.45, 7) is 7.21. The van der Waals surface area contributed by atoms with Crippen LogP contribution in [0.25, 0.3) is 0 Å². The molecule has 1 aliphatic carbocycles. The smallest absolute Gasteiger partial charge is 0.174 e. The first-order valence-electron chi connectivity index (χ1n) is 6.95. The van der Waals surface area contributed by atoms with E-state index in [1.54, 1.807) is 0 Å². The number of hydrogen-bond donors (Lipinski definition) is 0. The van der Waals surface area contributed by atoms with Crippen LogP contribution in [0.5, 0.6) is 0 Å². The quantitative estimate of drug-likeness (QED) is 0.751. The van der Waals surface area contributed by atoms with Gasteiger partial charge in [0, 0.05) is 28.7 Å². The Bertz CT molecular complexity index is 430. The molecule has 100 valence electrons. The Balaban J connectivity index is 2.00. The third-order valence-corrected chi connectivity index (χ3v) is 5.31. The van der Waals surface area contributed by atoms with E-state index in [-0.39, 0.29) is 0 Å². The van der Waals surface area contributed by atoms with Gasteiger partial charge in [0.1, 0.15) is 0 Å². The Morgan fingerprint density at radius 2 is 2.06 bits per heavy atom. The van der Waals surface area contributed by atoms with Gasteiger partial charge in [-0.1, -0.05) is 12.8 Å². The second-order valence-electron chi connectivity index (χ2n) is 5.17. The maximum absolute atomic E-state index is 12.3. The highest BCUT2D eigenvalue weighted by atomic mass is 32.2. The van der Waals surface area contributed by atoms with E-state index >= 15 is 0 Å². The van der Waals surface area contributed by atoms with Gasteiger partial charge in [0.2, 0.25) is 0 Å². The summed E-state index contributed by atoms with van der Waals surface area (Å²) in [7, 11) is 0. The molecule has 2 rings (SSSR count). The monoisotopic (exact) mass is 265 g/mol. The fraction of sp³-hybridized carbons (Fsp3) is 0.667. The largest absolute Gasteiger partial charge is 0.349 e. The lowest BCUT2D eigenvalue weighted by atomic mass is 10.2. The summed E-state index contributed by atoms with van der Waals surface area (Å²) < 4.78 is 2.22. The van der Waals surface area contributed by atoms with Crippen molar-refractivity contribution in [3.63, 3.8) is 0 Å².